The van der Waals surface area contributed by atoms with Crippen molar-refractivity contribution in [2.45, 2.75) is 6.61 Å². The number of benzene rings is 1. The van der Waals surface area contributed by atoms with E-state index in [0.29, 0.717) is 0 Å². The molecule has 3 nitrogen and oxygen atoms in total. The standard InChI is InChI=1S/C9H10O3P.Na.H/c1-2-11-13(10)12-8-9-6-4-3-5-7-9;;/h2-7H,1,8H2;;/q2*+1;-1. The van der Waals surface area contributed by atoms with Crippen molar-refractivity contribution < 1.29 is 44.6 Å². The monoisotopic (exact) mass is 221 g/mol. The first-order valence-electron chi connectivity index (χ1n) is 3.74. The minimum Gasteiger partial charge on any atom is -1.00 e. The van der Waals surface area contributed by atoms with E-state index in [1.165, 1.54) is 0 Å². The van der Waals surface area contributed by atoms with Crippen LogP contribution >= 0.6 is 8.25 Å². The molecule has 1 unspecified atom stereocenters. The molecule has 70 valence electrons. The van der Waals surface area contributed by atoms with Gasteiger partial charge < -0.3 is 1.43 Å². The fourth-order valence-electron chi connectivity index (χ4n) is 0.793. The summed E-state index contributed by atoms with van der Waals surface area (Å²) in [6.45, 7) is 3.55. The summed E-state index contributed by atoms with van der Waals surface area (Å²) in [6, 6.07) is 9.46. The molecule has 0 aliphatic rings. The van der Waals surface area contributed by atoms with Crippen molar-refractivity contribution in [3.63, 3.8) is 0 Å². The molecule has 1 atom stereocenters. The minimum atomic E-state index is -2.07. The van der Waals surface area contributed by atoms with Crippen molar-refractivity contribution >= 4 is 8.25 Å². The van der Waals surface area contributed by atoms with Crippen LogP contribution in [0.25, 0.3) is 0 Å². The zero-order chi connectivity index (χ0) is 9.52. The molecule has 0 spiro atoms. The number of hydrogen-bond donors (Lipinski definition) is 0. The molecule has 0 saturated heterocycles. The van der Waals surface area contributed by atoms with Gasteiger partial charge in [0.15, 0.2) is 0 Å². The predicted molar refractivity (Wildman–Crippen MR) is 51.2 cm³/mol. The summed E-state index contributed by atoms with van der Waals surface area (Å²) in [5, 5.41) is 0. The molecule has 0 amide bonds. The van der Waals surface area contributed by atoms with Gasteiger partial charge in [-0.1, -0.05) is 36.9 Å². The fourth-order valence-corrected chi connectivity index (χ4v) is 1.23. The molecule has 0 heterocycles. The van der Waals surface area contributed by atoms with Gasteiger partial charge in [0.25, 0.3) is 0 Å². The summed E-state index contributed by atoms with van der Waals surface area (Å²) in [5.74, 6) is 0. The van der Waals surface area contributed by atoms with Crippen molar-refractivity contribution in [3.05, 3.63) is 48.7 Å². The molecule has 1 aromatic rings. The van der Waals surface area contributed by atoms with Gasteiger partial charge in [-0.05, 0) is 5.56 Å². The molecular formula is C9H11NaO3P+. The van der Waals surface area contributed by atoms with Gasteiger partial charge in [-0.15, -0.1) is 4.52 Å². The van der Waals surface area contributed by atoms with E-state index in [2.05, 4.69) is 11.1 Å². The first-order valence-corrected chi connectivity index (χ1v) is 4.84. The SMILES string of the molecule is C=CO[P+](=O)OCc1ccccc1.[H-].[Na+]. The van der Waals surface area contributed by atoms with Crippen molar-refractivity contribution in [2.24, 2.45) is 0 Å². The second-order valence-electron chi connectivity index (χ2n) is 2.25. The Morgan fingerprint density at radius 3 is 2.64 bits per heavy atom. The molecule has 0 fully saturated rings. The largest absolute Gasteiger partial charge is 1.00 e. The summed E-state index contributed by atoms with van der Waals surface area (Å²) in [5.41, 5.74) is 0.957. The second kappa shape index (κ2) is 8.16. The number of rotatable bonds is 5. The molecule has 0 saturated carbocycles. The Bertz CT molecular complexity index is 295. The Morgan fingerprint density at radius 2 is 2.07 bits per heavy atom. The Hall–Kier alpha value is -0.180. The van der Waals surface area contributed by atoms with Crippen LogP contribution in [0.5, 0.6) is 0 Å². The minimum absolute atomic E-state index is 0. The van der Waals surface area contributed by atoms with Crippen LogP contribution in [0.15, 0.2) is 43.2 Å². The smallest absolute Gasteiger partial charge is 1.00 e. The first kappa shape index (κ1) is 13.8. The van der Waals surface area contributed by atoms with Gasteiger partial charge in [0.2, 0.25) is 0 Å². The molecule has 0 radical (unpaired) electrons. The molecule has 0 N–H and O–H groups in total. The van der Waals surface area contributed by atoms with E-state index in [-0.39, 0.29) is 37.6 Å². The van der Waals surface area contributed by atoms with Gasteiger partial charge in [-0.2, -0.15) is 0 Å². The second-order valence-corrected chi connectivity index (χ2v) is 3.17. The Kier molecular flexibility index (Phi) is 8.05. The van der Waals surface area contributed by atoms with Crippen LogP contribution in [0, 0.1) is 0 Å². The molecule has 0 aliphatic carbocycles. The van der Waals surface area contributed by atoms with E-state index in [1.54, 1.807) is 0 Å². The third-order valence-corrected chi connectivity index (χ3v) is 2.00. The van der Waals surface area contributed by atoms with E-state index in [0.717, 1.165) is 11.8 Å². The third-order valence-electron chi connectivity index (χ3n) is 1.34. The van der Waals surface area contributed by atoms with E-state index in [9.17, 15) is 4.57 Å². The summed E-state index contributed by atoms with van der Waals surface area (Å²) in [7, 11) is -2.07. The van der Waals surface area contributed by atoms with E-state index in [4.69, 9.17) is 4.52 Å². The maximum absolute atomic E-state index is 10.8. The van der Waals surface area contributed by atoms with Crippen molar-refractivity contribution in [1.82, 2.24) is 0 Å². The predicted octanol–water partition coefficient (Wildman–Crippen LogP) is 0.137. The van der Waals surface area contributed by atoms with E-state index >= 15 is 0 Å². The summed E-state index contributed by atoms with van der Waals surface area (Å²) in [4.78, 5) is 0. The van der Waals surface area contributed by atoms with Crippen LogP contribution in [0.3, 0.4) is 0 Å². The third kappa shape index (κ3) is 5.53. The molecule has 1 aromatic carbocycles. The summed E-state index contributed by atoms with van der Waals surface area (Å²) in [6.07, 6.45) is 1.10. The van der Waals surface area contributed by atoms with Crippen molar-refractivity contribution in [3.8, 4) is 0 Å². The summed E-state index contributed by atoms with van der Waals surface area (Å²) < 4.78 is 20.2. The molecular weight excluding hydrogens is 210 g/mol. The van der Waals surface area contributed by atoms with Crippen molar-refractivity contribution in [1.29, 1.82) is 0 Å². The maximum atomic E-state index is 10.8. The molecule has 5 heteroatoms. The Morgan fingerprint density at radius 1 is 1.43 bits per heavy atom. The molecule has 14 heavy (non-hydrogen) atoms. The maximum Gasteiger partial charge on any atom is 1.00 e. The zero-order valence-electron chi connectivity index (χ0n) is 9.05. The fraction of sp³-hybridized carbons (Fsp3) is 0.111. The average molecular weight is 221 g/mol. The van der Waals surface area contributed by atoms with Crippen LogP contribution in [0.2, 0.25) is 0 Å². The van der Waals surface area contributed by atoms with Gasteiger partial charge in [0.05, 0.1) is 0 Å². The van der Waals surface area contributed by atoms with Crippen molar-refractivity contribution in [2.75, 3.05) is 0 Å². The Labute approximate surface area is 108 Å². The van der Waals surface area contributed by atoms with Crippen LogP contribution in [0.1, 0.15) is 6.99 Å². The molecule has 0 bridgehead atoms. The Balaban J connectivity index is 0. The topological polar surface area (TPSA) is 35.5 Å². The molecule has 0 aromatic heterocycles. The van der Waals surface area contributed by atoms with Gasteiger partial charge in [0.1, 0.15) is 12.9 Å². The van der Waals surface area contributed by atoms with Crippen LogP contribution in [0.4, 0.5) is 0 Å². The molecule has 0 aliphatic heterocycles. The summed E-state index contributed by atoms with van der Waals surface area (Å²) >= 11 is 0. The molecule has 1 rings (SSSR count). The average Bonchev–Trinajstić information content (AvgIpc) is 2.17. The van der Waals surface area contributed by atoms with Crippen LogP contribution in [-0.2, 0) is 20.2 Å². The zero-order valence-corrected chi connectivity index (χ0v) is 10.9. The van der Waals surface area contributed by atoms with Crippen LogP contribution < -0.4 is 29.6 Å². The number of hydrogen-bond acceptors (Lipinski definition) is 3. The van der Waals surface area contributed by atoms with Gasteiger partial charge in [-0.3, -0.25) is 0 Å². The first-order chi connectivity index (χ1) is 6.33. The van der Waals surface area contributed by atoms with Crippen LogP contribution in [-0.4, -0.2) is 0 Å². The van der Waals surface area contributed by atoms with Gasteiger partial charge in [0, 0.05) is 4.57 Å². The van der Waals surface area contributed by atoms with E-state index < -0.39 is 8.25 Å². The quantitative estimate of drug-likeness (QED) is 0.403. The normalized spacial score (nSPS) is 9.86. The van der Waals surface area contributed by atoms with Gasteiger partial charge in [-0.25, -0.2) is 4.52 Å². The van der Waals surface area contributed by atoms with E-state index in [1.807, 2.05) is 30.3 Å². The van der Waals surface area contributed by atoms with Gasteiger partial charge >= 0.3 is 37.8 Å².